The second kappa shape index (κ2) is 5.34. The van der Waals surface area contributed by atoms with E-state index in [9.17, 15) is 0 Å². The zero-order valence-electron chi connectivity index (χ0n) is 8.59. The summed E-state index contributed by atoms with van der Waals surface area (Å²) < 4.78 is 1.10. The summed E-state index contributed by atoms with van der Waals surface area (Å²) in [6.45, 7) is 2.29. The van der Waals surface area contributed by atoms with E-state index in [4.69, 9.17) is 0 Å². The molecule has 1 fully saturated rings. The van der Waals surface area contributed by atoms with E-state index in [0.717, 1.165) is 35.5 Å². The van der Waals surface area contributed by atoms with Crippen LogP contribution in [0.1, 0.15) is 18.4 Å². The first kappa shape index (κ1) is 10.7. The predicted octanol–water partition coefficient (Wildman–Crippen LogP) is 2.80. The zero-order chi connectivity index (χ0) is 10.5. The van der Waals surface area contributed by atoms with Gasteiger partial charge in [0.05, 0.1) is 0 Å². The largest absolute Gasteiger partial charge is 0.316 e. The summed E-state index contributed by atoms with van der Waals surface area (Å²) in [5.41, 5.74) is 1.10. The van der Waals surface area contributed by atoms with Crippen LogP contribution in [0.4, 0.5) is 0 Å². The van der Waals surface area contributed by atoms with Gasteiger partial charge >= 0.3 is 0 Å². The van der Waals surface area contributed by atoms with Gasteiger partial charge in [0.1, 0.15) is 0 Å². The summed E-state index contributed by atoms with van der Waals surface area (Å²) >= 11 is 3.41. The summed E-state index contributed by atoms with van der Waals surface area (Å²) in [6, 6.07) is 8.15. The van der Waals surface area contributed by atoms with E-state index in [2.05, 4.69) is 33.1 Å². The van der Waals surface area contributed by atoms with Crippen molar-refractivity contribution in [2.45, 2.75) is 12.8 Å². The van der Waals surface area contributed by atoms with E-state index in [0.29, 0.717) is 0 Å². The Morgan fingerprint density at radius 1 is 1.33 bits per heavy atom. The molecule has 1 nitrogen and oxygen atoms in total. The van der Waals surface area contributed by atoms with Crippen LogP contribution in [-0.2, 0) is 0 Å². The molecule has 1 aromatic carbocycles. The maximum Gasteiger partial charge on any atom is 0.0246 e. The summed E-state index contributed by atoms with van der Waals surface area (Å²) in [7, 11) is 0. The van der Waals surface area contributed by atoms with Gasteiger partial charge in [0.2, 0.25) is 0 Å². The van der Waals surface area contributed by atoms with Gasteiger partial charge in [-0.25, -0.2) is 0 Å². The number of hydrogen-bond acceptors (Lipinski definition) is 1. The minimum Gasteiger partial charge on any atom is -0.316 e. The number of benzene rings is 1. The molecule has 78 valence electrons. The molecule has 1 N–H and O–H groups in total. The maximum atomic E-state index is 3.41. The molecule has 0 aromatic heterocycles. The highest BCUT2D eigenvalue weighted by atomic mass is 79.9. The molecular formula is C13H14BrN. The van der Waals surface area contributed by atoms with Crippen molar-refractivity contribution in [3.63, 3.8) is 0 Å². The molecule has 1 saturated heterocycles. The van der Waals surface area contributed by atoms with Gasteiger partial charge in [-0.2, -0.15) is 0 Å². The first-order valence-corrected chi connectivity index (χ1v) is 6.09. The van der Waals surface area contributed by atoms with Crippen LogP contribution in [0.15, 0.2) is 28.7 Å². The number of hydrogen-bond donors (Lipinski definition) is 1. The minimum atomic E-state index is 0.757. The highest BCUT2D eigenvalue weighted by Crippen LogP contribution is 2.12. The number of rotatable bonds is 1. The average Bonchev–Trinajstić information content (AvgIpc) is 2.74. The molecule has 0 saturated carbocycles. The molecule has 0 spiro atoms. The fraction of sp³-hybridized carbons (Fsp3) is 0.385. The van der Waals surface area contributed by atoms with E-state index in [-0.39, 0.29) is 0 Å². The fourth-order valence-corrected chi connectivity index (χ4v) is 1.98. The highest BCUT2D eigenvalue weighted by molar-refractivity contribution is 9.10. The Balaban J connectivity index is 1.90. The third kappa shape index (κ3) is 3.37. The lowest BCUT2D eigenvalue weighted by Crippen LogP contribution is -2.08. The van der Waals surface area contributed by atoms with Gasteiger partial charge in [-0.3, -0.25) is 0 Å². The normalized spacial score (nSPS) is 19.7. The van der Waals surface area contributed by atoms with Gasteiger partial charge in [-0.1, -0.05) is 27.8 Å². The van der Waals surface area contributed by atoms with Crippen molar-refractivity contribution < 1.29 is 0 Å². The number of nitrogens with one attached hydrogen (secondary N) is 1. The van der Waals surface area contributed by atoms with Crippen molar-refractivity contribution in [3.8, 4) is 11.8 Å². The maximum absolute atomic E-state index is 3.41. The standard InChI is InChI=1S/C13H14BrN/c14-13-6-4-11(5-7-13)2-1-3-12-8-9-15-10-12/h4-7,12,15H,3,8-10H2. The predicted molar refractivity (Wildman–Crippen MR) is 66.6 cm³/mol. The summed E-state index contributed by atoms with van der Waals surface area (Å²) in [5.74, 6) is 7.22. The van der Waals surface area contributed by atoms with Gasteiger partial charge < -0.3 is 5.32 Å². The monoisotopic (exact) mass is 263 g/mol. The molecule has 0 amide bonds. The molecule has 2 heteroatoms. The third-order valence-corrected chi connectivity index (χ3v) is 3.16. The topological polar surface area (TPSA) is 12.0 Å². The second-order valence-electron chi connectivity index (χ2n) is 3.87. The zero-order valence-corrected chi connectivity index (χ0v) is 10.2. The van der Waals surface area contributed by atoms with Crippen LogP contribution in [0.5, 0.6) is 0 Å². The third-order valence-electron chi connectivity index (χ3n) is 2.63. The van der Waals surface area contributed by atoms with E-state index in [1.54, 1.807) is 0 Å². The minimum absolute atomic E-state index is 0.757. The molecule has 0 radical (unpaired) electrons. The van der Waals surface area contributed by atoms with Crippen molar-refractivity contribution >= 4 is 15.9 Å². The molecule has 0 bridgehead atoms. The van der Waals surface area contributed by atoms with Crippen molar-refractivity contribution in [2.75, 3.05) is 13.1 Å². The second-order valence-corrected chi connectivity index (χ2v) is 4.79. The fourth-order valence-electron chi connectivity index (χ4n) is 1.72. The van der Waals surface area contributed by atoms with E-state index < -0.39 is 0 Å². The van der Waals surface area contributed by atoms with Gasteiger partial charge in [-0.15, -0.1) is 0 Å². The molecule has 0 aliphatic carbocycles. The summed E-state index contributed by atoms with van der Waals surface area (Å²) in [6.07, 6.45) is 2.29. The summed E-state index contributed by atoms with van der Waals surface area (Å²) in [5, 5.41) is 3.35. The lowest BCUT2D eigenvalue weighted by molar-refractivity contribution is 0.602. The molecule has 1 heterocycles. The number of halogens is 1. The van der Waals surface area contributed by atoms with Gasteiger partial charge in [-0.05, 0) is 49.7 Å². The Kier molecular flexibility index (Phi) is 3.82. The molecule has 1 aromatic rings. The quantitative estimate of drug-likeness (QED) is 0.769. The van der Waals surface area contributed by atoms with Crippen LogP contribution in [0.3, 0.4) is 0 Å². The first-order chi connectivity index (χ1) is 7.34. The van der Waals surface area contributed by atoms with Crippen molar-refractivity contribution in [3.05, 3.63) is 34.3 Å². The molecule has 2 rings (SSSR count). The lowest BCUT2D eigenvalue weighted by Gasteiger charge is -1.99. The van der Waals surface area contributed by atoms with Crippen LogP contribution < -0.4 is 5.32 Å². The van der Waals surface area contributed by atoms with Crippen molar-refractivity contribution in [1.29, 1.82) is 0 Å². The Morgan fingerprint density at radius 3 is 2.80 bits per heavy atom. The van der Waals surface area contributed by atoms with Crippen LogP contribution >= 0.6 is 15.9 Å². The lowest BCUT2D eigenvalue weighted by atomic mass is 10.1. The molecule has 1 atom stereocenters. The average molecular weight is 264 g/mol. The Hall–Kier alpha value is -0.780. The molecule has 1 unspecified atom stereocenters. The van der Waals surface area contributed by atoms with Crippen LogP contribution in [0.25, 0.3) is 0 Å². The van der Waals surface area contributed by atoms with Crippen LogP contribution in [-0.4, -0.2) is 13.1 Å². The highest BCUT2D eigenvalue weighted by Gasteiger charge is 2.11. The molecule has 1 aliphatic rings. The SMILES string of the molecule is Brc1ccc(C#CCC2CCNC2)cc1. The summed E-state index contributed by atoms with van der Waals surface area (Å²) in [4.78, 5) is 0. The Bertz CT molecular complexity index is 366. The Labute approximate surface area is 99.4 Å². The van der Waals surface area contributed by atoms with Gasteiger partial charge in [0.15, 0.2) is 0 Å². The molecule has 15 heavy (non-hydrogen) atoms. The van der Waals surface area contributed by atoms with Gasteiger partial charge in [0.25, 0.3) is 0 Å². The van der Waals surface area contributed by atoms with E-state index >= 15 is 0 Å². The van der Waals surface area contributed by atoms with Crippen molar-refractivity contribution in [1.82, 2.24) is 5.32 Å². The van der Waals surface area contributed by atoms with Crippen molar-refractivity contribution in [2.24, 2.45) is 5.92 Å². The van der Waals surface area contributed by atoms with E-state index in [1.165, 1.54) is 6.42 Å². The first-order valence-electron chi connectivity index (χ1n) is 5.30. The smallest absolute Gasteiger partial charge is 0.0246 e. The molecular weight excluding hydrogens is 250 g/mol. The Morgan fingerprint density at radius 2 is 2.13 bits per heavy atom. The van der Waals surface area contributed by atoms with Gasteiger partial charge in [0, 0.05) is 16.5 Å². The van der Waals surface area contributed by atoms with Crippen LogP contribution in [0, 0.1) is 17.8 Å². The van der Waals surface area contributed by atoms with Crippen LogP contribution in [0.2, 0.25) is 0 Å². The van der Waals surface area contributed by atoms with E-state index in [1.807, 2.05) is 24.3 Å². The molecule has 1 aliphatic heterocycles.